The molecule has 0 saturated carbocycles. The summed E-state index contributed by atoms with van der Waals surface area (Å²) in [5.74, 6) is 0. The van der Waals surface area contributed by atoms with Crippen molar-refractivity contribution in [2.75, 3.05) is 12.4 Å². The summed E-state index contributed by atoms with van der Waals surface area (Å²) in [6, 6.07) is 19.6. The molecule has 1 heteroatoms. The van der Waals surface area contributed by atoms with Gasteiger partial charge in [-0.1, -0.05) is 60.2 Å². The molecule has 3 aromatic carbocycles. The van der Waals surface area contributed by atoms with Crippen LogP contribution >= 0.6 is 0 Å². The van der Waals surface area contributed by atoms with Gasteiger partial charge in [-0.2, -0.15) is 0 Å². The maximum Gasteiger partial charge on any atom is 0.0497 e. The molecule has 3 aromatic rings. The van der Waals surface area contributed by atoms with Crippen molar-refractivity contribution in [2.24, 2.45) is 0 Å². The van der Waals surface area contributed by atoms with Gasteiger partial charge in [-0.3, -0.25) is 0 Å². The Labute approximate surface area is 120 Å². The molecule has 0 aliphatic rings. The van der Waals surface area contributed by atoms with Gasteiger partial charge >= 0.3 is 0 Å². The minimum Gasteiger partial charge on any atom is -0.387 e. The molecular weight excluding hydrogens is 242 g/mol. The first-order valence-electron chi connectivity index (χ1n) is 6.98. The van der Waals surface area contributed by atoms with Gasteiger partial charge in [-0.05, 0) is 30.4 Å². The molecule has 0 atom stereocenters. The number of anilines is 1. The van der Waals surface area contributed by atoms with Crippen molar-refractivity contribution in [3.8, 4) is 11.1 Å². The molecule has 3 rings (SSSR count). The number of hydrogen-bond acceptors (Lipinski definition) is 1. The summed E-state index contributed by atoms with van der Waals surface area (Å²) < 4.78 is 0. The second kappa shape index (κ2) is 5.01. The third kappa shape index (κ3) is 2.05. The fourth-order valence-corrected chi connectivity index (χ4v) is 2.79. The zero-order valence-electron chi connectivity index (χ0n) is 12.2. The van der Waals surface area contributed by atoms with Crippen molar-refractivity contribution in [1.29, 1.82) is 0 Å². The smallest absolute Gasteiger partial charge is 0.0497 e. The highest BCUT2D eigenvalue weighted by molar-refractivity contribution is 6.01. The monoisotopic (exact) mass is 261 g/mol. The molecule has 1 nitrogen and oxygen atoms in total. The van der Waals surface area contributed by atoms with Crippen LogP contribution in [0.15, 0.2) is 54.6 Å². The van der Waals surface area contributed by atoms with Crippen LogP contribution in [0.25, 0.3) is 21.9 Å². The lowest BCUT2D eigenvalue weighted by molar-refractivity contribution is 1.39. The first-order chi connectivity index (χ1) is 9.70. The summed E-state index contributed by atoms with van der Waals surface area (Å²) in [6.45, 7) is 4.31. The maximum atomic E-state index is 3.38. The Bertz CT molecular complexity index is 772. The fourth-order valence-electron chi connectivity index (χ4n) is 2.79. The van der Waals surface area contributed by atoms with Crippen LogP contribution in [0.1, 0.15) is 11.1 Å². The largest absolute Gasteiger partial charge is 0.387 e. The lowest BCUT2D eigenvalue weighted by Gasteiger charge is -2.15. The summed E-state index contributed by atoms with van der Waals surface area (Å²) >= 11 is 0. The summed E-state index contributed by atoms with van der Waals surface area (Å²) in [7, 11) is 2.00. The van der Waals surface area contributed by atoms with Gasteiger partial charge in [0.15, 0.2) is 0 Å². The van der Waals surface area contributed by atoms with Crippen molar-refractivity contribution in [3.05, 3.63) is 65.7 Å². The lowest BCUT2D eigenvalue weighted by atomic mass is 9.94. The molecule has 0 spiro atoms. The van der Waals surface area contributed by atoms with Gasteiger partial charge < -0.3 is 5.32 Å². The van der Waals surface area contributed by atoms with Gasteiger partial charge in [0.1, 0.15) is 0 Å². The predicted octanol–water partition coefficient (Wildman–Crippen LogP) is 5.17. The highest BCUT2D eigenvalue weighted by Crippen LogP contribution is 2.36. The molecule has 0 aliphatic heterocycles. The quantitative estimate of drug-likeness (QED) is 0.671. The molecular formula is C19H19N. The first-order valence-corrected chi connectivity index (χ1v) is 6.98. The molecule has 20 heavy (non-hydrogen) atoms. The Kier molecular flexibility index (Phi) is 3.19. The van der Waals surface area contributed by atoms with Crippen molar-refractivity contribution in [2.45, 2.75) is 13.8 Å². The number of aryl methyl sites for hydroxylation is 2. The molecule has 1 N–H and O–H groups in total. The number of fused-ring (bicyclic) bond motifs is 1. The Hall–Kier alpha value is -2.28. The number of benzene rings is 3. The van der Waals surface area contributed by atoms with E-state index in [0.29, 0.717) is 0 Å². The van der Waals surface area contributed by atoms with Gasteiger partial charge in [0.25, 0.3) is 0 Å². The van der Waals surface area contributed by atoms with Gasteiger partial charge in [0, 0.05) is 23.7 Å². The molecule has 0 aromatic heterocycles. The highest BCUT2D eigenvalue weighted by Gasteiger charge is 2.10. The van der Waals surface area contributed by atoms with Crippen LogP contribution in [-0.4, -0.2) is 7.05 Å². The normalized spacial score (nSPS) is 10.8. The first kappa shape index (κ1) is 12.7. The summed E-state index contributed by atoms with van der Waals surface area (Å²) in [6.07, 6.45) is 0. The molecule has 0 fully saturated rings. The Morgan fingerprint density at radius 2 is 1.60 bits per heavy atom. The second-order valence-electron chi connectivity index (χ2n) is 5.28. The van der Waals surface area contributed by atoms with E-state index in [2.05, 4.69) is 73.8 Å². The lowest BCUT2D eigenvalue weighted by Crippen LogP contribution is -1.95. The van der Waals surface area contributed by atoms with Crippen LogP contribution in [0.5, 0.6) is 0 Å². The van der Waals surface area contributed by atoms with Gasteiger partial charge in [-0.15, -0.1) is 0 Å². The summed E-state index contributed by atoms with van der Waals surface area (Å²) in [5, 5.41) is 5.92. The van der Waals surface area contributed by atoms with E-state index >= 15 is 0 Å². The van der Waals surface area contributed by atoms with Gasteiger partial charge in [-0.25, -0.2) is 0 Å². The van der Waals surface area contributed by atoms with E-state index in [1.54, 1.807) is 0 Å². The minimum absolute atomic E-state index is 1.21. The Morgan fingerprint density at radius 3 is 2.40 bits per heavy atom. The summed E-state index contributed by atoms with van der Waals surface area (Å²) in [4.78, 5) is 0. The van der Waals surface area contributed by atoms with Crippen molar-refractivity contribution >= 4 is 16.5 Å². The van der Waals surface area contributed by atoms with Crippen molar-refractivity contribution in [1.82, 2.24) is 0 Å². The van der Waals surface area contributed by atoms with Crippen LogP contribution in [0, 0.1) is 13.8 Å². The molecule has 0 amide bonds. The van der Waals surface area contributed by atoms with E-state index in [9.17, 15) is 0 Å². The topological polar surface area (TPSA) is 12.0 Å². The average molecular weight is 261 g/mol. The van der Waals surface area contributed by atoms with Crippen LogP contribution in [0.3, 0.4) is 0 Å². The molecule has 0 saturated heterocycles. The molecule has 0 aliphatic carbocycles. The van der Waals surface area contributed by atoms with Crippen LogP contribution in [0.4, 0.5) is 5.69 Å². The van der Waals surface area contributed by atoms with E-state index in [1.807, 2.05) is 7.05 Å². The zero-order valence-corrected chi connectivity index (χ0v) is 12.2. The highest BCUT2D eigenvalue weighted by atomic mass is 14.8. The number of hydrogen-bond donors (Lipinski definition) is 1. The standard InChI is InChI=1S/C19H19N/c1-13-8-9-14(2)18(12-13)17-11-10-15-6-4-5-7-16(15)19(17)20-3/h4-12,20H,1-3H3. The molecule has 0 radical (unpaired) electrons. The minimum atomic E-state index is 1.21. The Morgan fingerprint density at radius 1 is 0.800 bits per heavy atom. The SMILES string of the molecule is CNc1c(-c2cc(C)ccc2C)ccc2ccccc12. The van der Waals surface area contributed by atoms with E-state index in [-0.39, 0.29) is 0 Å². The van der Waals surface area contributed by atoms with Crippen LogP contribution < -0.4 is 5.32 Å². The fraction of sp³-hybridized carbons (Fsp3) is 0.158. The van der Waals surface area contributed by atoms with Gasteiger partial charge in [0.2, 0.25) is 0 Å². The van der Waals surface area contributed by atoms with E-state index in [1.165, 1.54) is 38.7 Å². The van der Waals surface area contributed by atoms with E-state index < -0.39 is 0 Å². The maximum absolute atomic E-state index is 3.38. The van der Waals surface area contributed by atoms with Crippen molar-refractivity contribution < 1.29 is 0 Å². The van der Waals surface area contributed by atoms with Gasteiger partial charge in [0.05, 0.1) is 0 Å². The van der Waals surface area contributed by atoms with Crippen LogP contribution in [-0.2, 0) is 0 Å². The zero-order chi connectivity index (χ0) is 14.1. The Balaban J connectivity index is 2.33. The molecule has 100 valence electrons. The number of nitrogens with one attached hydrogen (secondary N) is 1. The van der Waals surface area contributed by atoms with Crippen molar-refractivity contribution in [3.63, 3.8) is 0 Å². The average Bonchev–Trinajstić information content (AvgIpc) is 2.48. The number of rotatable bonds is 2. The van der Waals surface area contributed by atoms with Crippen LogP contribution in [0.2, 0.25) is 0 Å². The third-order valence-corrected chi connectivity index (χ3v) is 3.86. The molecule has 0 unspecified atom stereocenters. The molecule has 0 heterocycles. The van der Waals surface area contributed by atoms with E-state index in [4.69, 9.17) is 0 Å². The summed E-state index contributed by atoms with van der Waals surface area (Å²) in [5.41, 5.74) is 6.38. The third-order valence-electron chi connectivity index (χ3n) is 3.86. The molecule has 0 bridgehead atoms. The van der Waals surface area contributed by atoms with E-state index in [0.717, 1.165) is 0 Å². The predicted molar refractivity (Wildman–Crippen MR) is 88.4 cm³/mol. The second-order valence-corrected chi connectivity index (χ2v) is 5.28.